The van der Waals surface area contributed by atoms with E-state index >= 15 is 0 Å². The molecule has 0 aliphatic rings. The molecule has 0 spiro atoms. The summed E-state index contributed by atoms with van der Waals surface area (Å²) in [7, 11) is -4.28. The van der Waals surface area contributed by atoms with E-state index in [0.29, 0.717) is 13.0 Å². The second-order valence-electron chi connectivity index (χ2n) is 16.3. The Kier molecular flexibility index (Phi) is 46.3. The Bertz CT molecular complexity index is 1050. The molecule has 9 heteroatoms. The van der Waals surface area contributed by atoms with Crippen LogP contribution in [0.5, 0.6) is 0 Å². The second kappa shape index (κ2) is 47.5. The van der Waals surface area contributed by atoms with Gasteiger partial charge in [0.25, 0.3) is 0 Å². The number of carbonyl (C=O) groups is 1. The van der Waals surface area contributed by atoms with Crippen LogP contribution in [0.2, 0.25) is 0 Å². The number of hydrogen-bond acceptors (Lipinski definition) is 7. The average molecular weight is 852 g/mol. The first-order valence-corrected chi connectivity index (χ1v) is 26.1. The third kappa shape index (κ3) is 47.4. The Hall–Kier alpha value is -1.54. The topological polar surface area (TPSA) is 117 Å². The molecule has 0 heterocycles. The lowest BCUT2D eigenvalue weighted by atomic mass is 10.0. The fourth-order valence-corrected chi connectivity index (χ4v) is 7.70. The first kappa shape index (κ1) is 57.5. The Morgan fingerprint density at radius 1 is 0.525 bits per heavy atom. The third-order valence-electron chi connectivity index (χ3n) is 10.5. The summed E-state index contributed by atoms with van der Waals surface area (Å²) in [6.07, 6.45) is 57.1. The lowest BCUT2D eigenvalue weighted by molar-refractivity contribution is -0.154. The number of rotatable bonds is 47. The Labute approximate surface area is 364 Å². The van der Waals surface area contributed by atoms with Crippen LogP contribution < -0.4 is 5.73 Å². The van der Waals surface area contributed by atoms with Crippen LogP contribution in [0.3, 0.4) is 0 Å². The molecule has 59 heavy (non-hydrogen) atoms. The molecule has 0 bridgehead atoms. The number of hydrogen-bond donors (Lipinski definition) is 2. The van der Waals surface area contributed by atoms with Crippen molar-refractivity contribution in [3.63, 3.8) is 0 Å². The maximum absolute atomic E-state index is 12.6. The van der Waals surface area contributed by atoms with E-state index in [1.54, 1.807) is 0 Å². The third-order valence-corrected chi connectivity index (χ3v) is 11.5. The Balaban J connectivity index is 3.97. The van der Waals surface area contributed by atoms with Crippen LogP contribution >= 0.6 is 7.82 Å². The Morgan fingerprint density at radius 2 is 0.949 bits per heavy atom. The van der Waals surface area contributed by atoms with E-state index in [9.17, 15) is 14.3 Å². The van der Waals surface area contributed by atoms with Crippen molar-refractivity contribution in [2.75, 3.05) is 33.0 Å². The molecule has 0 radical (unpaired) electrons. The zero-order chi connectivity index (χ0) is 43.0. The molecule has 0 saturated heterocycles. The molecule has 346 valence electrons. The summed E-state index contributed by atoms with van der Waals surface area (Å²) in [6.45, 7) is 4.82. The number of nitrogens with two attached hydrogens (primary N) is 1. The summed E-state index contributed by atoms with van der Waals surface area (Å²) in [4.78, 5) is 22.6. The predicted octanol–water partition coefficient (Wildman–Crippen LogP) is 15.1. The van der Waals surface area contributed by atoms with E-state index < -0.39 is 13.9 Å². The highest BCUT2D eigenvalue weighted by molar-refractivity contribution is 7.47. The molecule has 0 rings (SSSR count). The van der Waals surface area contributed by atoms with Gasteiger partial charge in [0.05, 0.1) is 19.8 Å². The molecule has 3 N–H and O–H groups in total. The minimum Gasteiger partial charge on any atom is -0.457 e. The fourth-order valence-electron chi connectivity index (χ4n) is 6.93. The van der Waals surface area contributed by atoms with Gasteiger partial charge in [-0.2, -0.15) is 0 Å². The highest BCUT2D eigenvalue weighted by atomic mass is 31.2. The molecule has 0 aromatic rings. The average Bonchev–Trinajstić information content (AvgIpc) is 3.23. The summed E-state index contributed by atoms with van der Waals surface area (Å²) in [6, 6.07) is 0. The van der Waals surface area contributed by atoms with Gasteiger partial charge in [0.2, 0.25) is 0 Å². The van der Waals surface area contributed by atoms with Crippen LogP contribution in [0, 0.1) is 0 Å². The zero-order valence-corrected chi connectivity index (χ0v) is 39.4. The SMILES string of the molecule is CC/C=C\C/C=C\C/C=C\C/C=C\CCCCCCCCCOCC(COP(=O)(O)OCCN)OC(=O)CCCCCCCCCCCCCCCCCCCCCC. The second-order valence-corrected chi connectivity index (χ2v) is 17.8. The van der Waals surface area contributed by atoms with Crippen LogP contribution in [0.15, 0.2) is 48.6 Å². The van der Waals surface area contributed by atoms with Gasteiger partial charge in [-0.05, 0) is 51.4 Å². The molecule has 0 aromatic carbocycles. The van der Waals surface area contributed by atoms with Crippen molar-refractivity contribution >= 4 is 13.8 Å². The number of phosphoric ester groups is 1. The largest absolute Gasteiger partial charge is 0.472 e. The highest BCUT2D eigenvalue weighted by Gasteiger charge is 2.25. The van der Waals surface area contributed by atoms with Crippen molar-refractivity contribution in [2.24, 2.45) is 5.73 Å². The summed E-state index contributed by atoms with van der Waals surface area (Å²) in [5, 5.41) is 0. The standard InChI is InChI=1S/C50H94NO7P/c1-3-5-7-9-11-13-15-17-19-21-23-25-27-29-31-33-35-37-39-41-43-50(52)58-49(48-57-59(53,54)56-46-44-51)47-55-45-42-40-38-36-34-32-30-28-26-24-22-20-18-16-14-12-10-8-6-4-2/h6,8,12,14,18,20,24,26,49H,3-5,7,9-11,13,15-17,19,21-23,25,27-48,51H2,1-2H3,(H,53,54)/b8-6-,14-12-,20-18-,26-24-. The molecule has 0 aromatic heterocycles. The van der Waals surface area contributed by atoms with Gasteiger partial charge in [0.1, 0.15) is 6.10 Å². The molecule has 0 aliphatic carbocycles. The smallest absolute Gasteiger partial charge is 0.457 e. The van der Waals surface area contributed by atoms with Gasteiger partial charge in [-0.1, -0.05) is 217 Å². The molecule has 0 amide bonds. The van der Waals surface area contributed by atoms with Crippen molar-refractivity contribution in [2.45, 2.75) is 232 Å². The first-order valence-electron chi connectivity index (χ1n) is 24.6. The fraction of sp³-hybridized carbons (Fsp3) is 0.820. The number of unbranched alkanes of at least 4 members (excludes halogenated alkanes) is 26. The van der Waals surface area contributed by atoms with Crippen molar-refractivity contribution in [1.29, 1.82) is 0 Å². The van der Waals surface area contributed by atoms with E-state index in [2.05, 4.69) is 62.5 Å². The predicted molar refractivity (Wildman–Crippen MR) is 252 cm³/mol. The van der Waals surface area contributed by atoms with E-state index in [0.717, 1.165) is 64.2 Å². The van der Waals surface area contributed by atoms with E-state index in [1.165, 1.54) is 141 Å². The number of carbonyl (C=O) groups excluding carboxylic acids is 1. The lowest BCUT2D eigenvalue weighted by Crippen LogP contribution is -2.28. The summed E-state index contributed by atoms with van der Waals surface area (Å²) in [5.41, 5.74) is 5.38. The van der Waals surface area contributed by atoms with Gasteiger partial charge >= 0.3 is 13.8 Å². The van der Waals surface area contributed by atoms with Gasteiger partial charge in [-0.15, -0.1) is 0 Å². The summed E-state index contributed by atoms with van der Waals surface area (Å²) < 4.78 is 33.6. The van der Waals surface area contributed by atoms with Crippen molar-refractivity contribution < 1.29 is 32.8 Å². The van der Waals surface area contributed by atoms with Gasteiger partial charge in [0.15, 0.2) is 0 Å². The Morgan fingerprint density at radius 3 is 1.42 bits per heavy atom. The van der Waals surface area contributed by atoms with Crippen LogP contribution in [-0.2, 0) is 27.9 Å². The van der Waals surface area contributed by atoms with Crippen LogP contribution in [0.4, 0.5) is 0 Å². The monoisotopic (exact) mass is 852 g/mol. The number of allylic oxidation sites excluding steroid dienone is 8. The number of ether oxygens (including phenoxy) is 2. The maximum atomic E-state index is 12.6. The van der Waals surface area contributed by atoms with Gasteiger partial charge in [-0.25, -0.2) is 4.57 Å². The number of esters is 1. The molecular weight excluding hydrogens is 758 g/mol. The van der Waals surface area contributed by atoms with Gasteiger partial charge in [0, 0.05) is 19.6 Å². The van der Waals surface area contributed by atoms with Gasteiger partial charge in [-0.3, -0.25) is 13.8 Å². The van der Waals surface area contributed by atoms with Crippen molar-refractivity contribution in [3.8, 4) is 0 Å². The van der Waals surface area contributed by atoms with Crippen LogP contribution in [0.25, 0.3) is 0 Å². The lowest BCUT2D eigenvalue weighted by Gasteiger charge is -2.20. The molecule has 0 fully saturated rings. The number of phosphoric acid groups is 1. The van der Waals surface area contributed by atoms with E-state index in [4.69, 9.17) is 24.3 Å². The summed E-state index contributed by atoms with van der Waals surface area (Å²) in [5.74, 6) is -0.331. The quantitative estimate of drug-likeness (QED) is 0.0269. The van der Waals surface area contributed by atoms with E-state index in [1.807, 2.05) is 0 Å². The van der Waals surface area contributed by atoms with Crippen LogP contribution in [0.1, 0.15) is 226 Å². The molecule has 0 saturated carbocycles. The van der Waals surface area contributed by atoms with Crippen molar-refractivity contribution in [3.05, 3.63) is 48.6 Å². The molecule has 8 nitrogen and oxygen atoms in total. The molecule has 2 atom stereocenters. The minimum atomic E-state index is -4.28. The van der Waals surface area contributed by atoms with E-state index in [-0.39, 0.29) is 32.3 Å². The van der Waals surface area contributed by atoms with Crippen LogP contribution in [-0.4, -0.2) is 49.9 Å². The highest BCUT2D eigenvalue weighted by Crippen LogP contribution is 2.43. The van der Waals surface area contributed by atoms with Crippen molar-refractivity contribution in [1.82, 2.24) is 0 Å². The minimum absolute atomic E-state index is 0.0978. The molecule has 2 unspecified atom stereocenters. The summed E-state index contributed by atoms with van der Waals surface area (Å²) >= 11 is 0. The zero-order valence-electron chi connectivity index (χ0n) is 38.5. The van der Waals surface area contributed by atoms with Gasteiger partial charge < -0.3 is 20.1 Å². The normalized spacial score (nSPS) is 13.8. The first-order chi connectivity index (χ1) is 28.9. The molecule has 0 aliphatic heterocycles. The molecular formula is C50H94NO7P. The maximum Gasteiger partial charge on any atom is 0.472 e.